The number of furan rings is 1. The summed E-state index contributed by atoms with van der Waals surface area (Å²) in [4.78, 5) is 52.0. The summed E-state index contributed by atoms with van der Waals surface area (Å²) >= 11 is 0. The number of fused-ring (bicyclic) bond motifs is 3. The van der Waals surface area contributed by atoms with Crippen LogP contribution in [0.5, 0.6) is 0 Å². The molecule has 0 spiro atoms. The molecule has 1 N–H and O–H groups in total. The SMILES string of the molecule is Cc1nc2n(n1)CCN(C(=O)c1ccc(CN3CCc4ccccc4C3)o1)CCCC(=O)N1CCCC[C@H]1C(=O)N[C@@H]2Cc1ccccc1. The quantitative estimate of drug-likeness (QED) is 0.335. The smallest absolute Gasteiger partial charge is 0.289 e. The van der Waals surface area contributed by atoms with E-state index >= 15 is 0 Å². The van der Waals surface area contributed by atoms with Crippen LogP contribution in [-0.2, 0) is 42.1 Å². The highest BCUT2D eigenvalue weighted by molar-refractivity contribution is 5.91. The molecular formula is C38H45N7O4. The average molecular weight is 664 g/mol. The predicted molar refractivity (Wildman–Crippen MR) is 183 cm³/mol. The van der Waals surface area contributed by atoms with E-state index in [9.17, 15) is 14.4 Å². The molecule has 0 unspecified atom stereocenters. The monoisotopic (exact) mass is 663 g/mol. The maximum absolute atomic E-state index is 14.0. The predicted octanol–water partition coefficient (Wildman–Crippen LogP) is 4.46. The van der Waals surface area contributed by atoms with Crippen LogP contribution in [0.1, 0.15) is 82.8 Å². The molecule has 3 amide bonds. The lowest BCUT2D eigenvalue weighted by molar-refractivity contribution is -0.142. The molecule has 2 aromatic heterocycles. The van der Waals surface area contributed by atoms with Crippen LogP contribution in [0.2, 0.25) is 0 Å². The Morgan fingerprint density at radius 2 is 1.69 bits per heavy atom. The molecule has 3 aliphatic heterocycles. The van der Waals surface area contributed by atoms with Crippen molar-refractivity contribution >= 4 is 17.7 Å². The summed E-state index contributed by atoms with van der Waals surface area (Å²) in [5, 5.41) is 7.96. The highest BCUT2D eigenvalue weighted by Gasteiger charge is 2.35. The first-order chi connectivity index (χ1) is 23.9. The fourth-order valence-electron chi connectivity index (χ4n) is 7.46. The molecule has 11 heteroatoms. The van der Waals surface area contributed by atoms with Gasteiger partial charge in [-0.2, -0.15) is 5.10 Å². The van der Waals surface area contributed by atoms with Gasteiger partial charge in [-0.1, -0.05) is 54.6 Å². The molecule has 0 saturated carbocycles. The Balaban J connectivity index is 1.12. The Morgan fingerprint density at radius 1 is 0.878 bits per heavy atom. The van der Waals surface area contributed by atoms with Gasteiger partial charge in [0, 0.05) is 39.1 Å². The van der Waals surface area contributed by atoms with Crippen molar-refractivity contribution < 1.29 is 18.8 Å². The fraction of sp³-hybridized carbons (Fsp3) is 0.447. The van der Waals surface area contributed by atoms with Crippen molar-refractivity contribution in [1.82, 2.24) is 34.8 Å². The highest BCUT2D eigenvalue weighted by Crippen LogP contribution is 2.25. The van der Waals surface area contributed by atoms with Gasteiger partial charge in [0.05, 0.1) is 19.1 Å². The van der Waals surface area contributed by atoms with Crippen LogP contribution in [0.15, 0.2) is 71.1 Å². The molecule has 1 saturated heterocycles. The molecule has 0 aliphatic carbocycles. The Kier molecular flexibility index (Phi) is 9.88. The molecule has 1 fully saturated rings. The van der Waals surface area contributed by atoms with Gasteiger partial charge in [0.25, 0.3) is 5.91 Å². The van der Waals surface area contributed by atoms with Crippen molar-refractivity contribution in [3.63, 3.8) is 0 Å². The van der Waals surface area contributed by atoms with Gasteiger partial charge in [-0.3, -0.25) is 19.3 Å². The van der Waals surface area contributed by atoms with Gasteiger partial charge in [-0.05, 0) is 74.3 Å². The molecule has 11 nitrogen and oxygen atoms in total. The number of piperidine rings is 1. The highest BCUT2D eigenvalue weighted by atomic mass is 16.4. The average Bonchev–Trinajstić information content (AvgIpc) is 3.75. The maximum atomic E-state index is 14.0. The lowest BCUT2D eigenvalue weighted by Gasteiger charge is -2.36. The molecule has 2 aromatic carbocycles. The van der Waals surface area contributed by atoms with Gasteiger partial charge in [-0.15, -0.1) is 0 Å². The van der Waals surface area contributed by atoms with Crippen molar-refractivity contribution in [2.45, 2.75) is 83.6 Å². The normalized spacial score (nSPS) is 20.9. The van der Waals surface area contributed by atoms with Crippen LogP contribution in [0.4, 0.5) is 0 Å². The number of carbonyl (C=O) groups excluding carboxylic acids is 3. The van der Waals surface area contributed by atoms with Crippen LogP contribution in [0.3, 0.4) is 0 Å². The van der Waals surface area contributed by atoms with Gasteiger partial charge in [0.1, 0.15) is 23.5 Å². The van der Waals surface area contributed by atoms with Crippen molar-refractivity contribution in [3.8, 4) is 0 Å². The summed E-state index contributed by atoms with van der Waals surface area (Å²) in [6.07, 6.45) is 4.63. The number of aryl methyl sites for hydroxylation is 1. The molecule has 7 rings (SSSR count). The number of aromatic nitrogens is 3. The van der Waals surface area contributed by atoms with Crippen molar-refractivity contribution in [1.29, 1.82) is 0 Å². The number of benzene rings is 2. The molecule has 256 valence electrons. The lowest BCUT2D eigenvalue weighted by atomic mass is 9.99. The lowest BCUT2D eigenvalue weighted by Crippen LogP contribution is -2.53. The number of nitrogens with zero attached hydrogens (tertiary/aromatic N) is 6. The third-order valence-electron chi connectivity index (χ3n) is 9.99. The number of hydrogen-bond acceptors (Lipinski definition) is 7. The second-order valence-corrected chi connectivity index (χ2v) is 13.5. The molecule has 2 atom stereocenters. The Hall–Kier alpha value is -4.77. The first-order valence-corrected chi connectivity index (χ1v) is 17.6. The van der Waals surface area contributed by atoms with Gasteiger partial charge in [0.15, 0.2) is 5.76 Å². The van der Waals surface area contributed by atoms with E-state index in [2.05, 4.69) is 34.5 Å². The second kappa shape index (κ2) is 14.8. The van der Waals surface area contributed by atoms with Gasteiger partial charge < -0.3 is 19.5 Å². The van der Waals surface area contributed by atoms with Crippen molar-refractivity contribution in [2.24, 2.45) is 0 Å². The third kappa shape index (κ3) is 7.62. The molecular weight excluding hydrogens is 618 g/mol. The Bertz CT molecular complexity index is 1780. The van der Waals surface area contributed by atoms with E-state index in [-0.39, 0.29) is 24.1 Å². The number of rotatable bonds is 5. The van der Waals surface area contributed by atoms with E-state index in [0.717, 1.165) is 43.7 Å². The fourth-order valence-corrected chi connectivity index (χ4v) is 7.46. The summed E-state index contributed by atoms with van der Waals surface area (Å²) in [7, 11) is 0. The number of amides is 3. The molecule has 0 bridgehead atoms. The first-order valence-electron chi connectivity index (χ1n) is 17.6. The largest absolute Gasteiger partial charge is 0.455 e. The van der Waals surface area contributed by atoms with Crippen LogP contribution < -0.4 is 5.32 Å². The Labute approximate surface area is 287 Å². The third-order valence-corrected chi connectivity index (χ3v) is 9.99. The van der Waals surface area contributed by atoms with Crippen molar-refractivity contribution in [2.75, 3.05) is 26.2 Å². The van der Waals surface area contributed by atoms with Crippen LogP contribution in [0.25, 0.3) is 0 Å². The maximum Gasteiger partial charge on any atom is 0.289 e. The van der Waals surface area contributed by atoms with E-state index in [0.29, 0.717) is 69.4 Å². The zero-order chi connectivity index (χ0) is 33.7. The standard InChI is InChI=1S/C38H45N7O4/c1-27-39-36-32(24-28-10-3-2-4-11-28)40-37(47)33-14-7-8-20-44(33)35(46)15-9-19-43(22-23-45(36)41-27)38(48)34-17-16-31(49-34)26-42-21-18-29-12-5-6-13-30(29)25-42/h2-6,10-13,16-17,32-33H,7-9,14-15,18-26H2,1H3,(H,40,47)/t32-,33+/m1/s1. The Morgan fingerprint density at radius 3 is 2.55 bits per heavy atom. The minimum absolute atomic E-state index is 0.0497. The van der Waals surface area contributed by atoms with Crippen molar-refractivity contribution in [3.05, 3.63) is 107 Å². The first kappa shape index (κ1) is 32.8. The summed E-state index contributed by atoms with van der Waals surface area (Å²) in [6, 6.07) is 21.2. The van der Waals surface area contributed by atoms with Crippen LogP contribution >= 0.6 is 0 Å². The molecule has 5 heterocycles. The number of hydrogen-bond donors (Lipinski definition) is 1. The minimum atomic E-state index is -0.535. The topological polar surface area (TPSA) is 117 Å². The molecule has 4 aromatic rings. The summed E-state index contributed by atoms with van der Waals surface area (Å²) in [5.74, 6) is 1.86. The second-order valence-electron chi connectivity index (χ2n) is 13.5. The van der Waals surface area contributed by atoms with E-state index in [1.165, 1.54) is 11.1 Å². The zero-order valence-corrected chi connectivity index (χ0v) is 28.2. The van der Waals surface area contributed by atoms with Gasteiger partial charge in [-0.25, -0.2) is 9.67 Å². The van der Waals surface area contributed by atoms with Gasteiger partial charge in [0.2, 0.25) is 11.8 Å². The minimum Gasteiger partial charge on any atom is -0.455 e. The van der Waals surface area contributed by atoms with Crippen LogP contribution in [-0.4, -0.2) is 79.4 Å². The molecule has 49 heavy (non-hydrogen) atoms. The number of carbonyl (C=O) groups is 3. The van der Waals surface area contributed by atoms with E-state index in [4.69, 9.17) is 14.5 Å². The van der Waals surface area contributed by atoms with Crippen LogP contribution in [0, 0.1) is 6.92 Å². The zero-order valence-electron chi connectivity index (χ0n) is 28.2. The number of nitrogens with one attached hydrogen (secondary N) is 1. The van der Waals surface area contributed by atoms with E-state index in [1.54, 1.807) is 15.9 Å². The van der Waals surface area contributed by atoms with Gasteiger partial charge >= 0.3 is 0 Å². The summed E-state index contributed by atoms with van der Waals surface area (Å²) in [6.45, 7) is 5.91. The summed E-state index contributed by atoms with van der Waals surface area (Å²) < 4.78 is 7.99. The molecule has 3 aliphatic rings. The van der Waals surface area contributed by atoms with E-state index in [1.807, 2.05) is 48.0 Å². The molecule has 0 radical (unpaired) electrons. The van der Waals surface area contributed by atoms with E-state index < -0.39 is 12.1 Å². The summed E-state index contributed by atoms with van der Waals surface area (Å²) in [5.41, 5.74) is 3.78.